The van der Waals surface area contributed by atoms with Crippen LogP contribution in [0, 0.1) is 5.41 Å². The van der Waals surface area contributed by atoms with Crippen LogP contribution in [0.5, 0.6) is 0 Å². The second-order valence-electron chi connectivity index (χ2n) is 9.76. The molecule has 1 heterocycles. The minimum Gasteiger partial charge on any atom is -0.421 e. The number of rotatable bonds is 11. The molecule has 1 aliphatic carbocycles. The number of carbonyl (C=O) groups excluding carboxylic acids is 3. The quantitative estimate of drug-likeness (QED) is 0.196. The van der Waals surface area contributed by atoms with Gasteiger partial charge in [-0.2, -0.15) is 0 Å². The van der Waals surface area contributed by atoms with E-state index in [1.54, 1.807) is 17.2 Å². The molecule has 0 fully saturated rings. The molecule has 2 atom stereocenters. The van der Waals surface area contributed by atoms with Crippen LogP contribution in [0.15, 0.2) is 46.1 Å². The minimum atomic E-state index is -1.21. The van der Waals surface area contributed by atoms with E-state index in [1.807, 2.05) is 0 Å². The standard InChI is InChI=1S/C27H38O6/c1-18(11-13-23-19(2)9-7-15-27(23,4)5)8-6-10-21(17-28)12-14-24(30)22-16-25(31)33-26(22)32-20(3)29/h8,12,16-17,24,26,30H,6-7,9-11,13-15H2,1-5H3/b18-8+,21-12+. The number of hydrogen-bond donors (Lipinski definition) is 1. The molecular weight excluding hydrogens is 420 g/mol. The molecule has 0 saturated carbocycles. The van der Waals surface area contributed by atoms with Crippen molar-refractivity contribution in [3.63, 3.8) is 0 Å². The molecule has 6 nitrogen and oxygen atoms in total. The summed E-state index contributed by atoms with van der Waals surface area (Å²) >= 11 is 0. The molecule has 2 rings (SSSR count). The first kappa shape index (κ1) is 26.8. The number of aldehydes is 1. The molecule has 0 bridgehead atoms. The van der Waals surface area contributed by atoms with Gasteiger partial charge < -0.3 is 14.6 Å². The minimum absolute atomic E-state index is 0.125. The topological polar surface area (TPSA) is 89.9 Å². The van der Waals surface area contributed by atoms with Crippen molar-refractivity contribution in [3.8, 4) is 0 Å². The zero-order valence-electron chi connectivity index (χ0n) is 20.6. The normalized spacial score (nSPS) is 22.1. The van der Waals surface area contributed by atoms with Crippen molar-refractivity contribution in [3.05, 3.63) is 46.1 Å². The number of ether oxygens (including phenoxy) is 2. The van der Waals surface area contributed by atoms with Crippen molar-refractivity contribution in [2.45, 2.75) is 98.4 Å². The van der Waals surface area contributed by atoms with Crippen molar-refractivity contribution in [1.82, 2.24) is 0 Å². The summed E-state index contributed by atoms with van der Waals surface area (Å²) in [5.41, 5.74) is 5.51. The Kier molecular flexibility index (Phi) is 9.84. The fourth-order valence-electron chi connectivity index (χ4n) is 4.65. The Morgan fingerprint density at radius 1 is 1.30 bits per heavy atom. The van der Waals surface area contributed by atoms with Crippen molar-refractivity contribution in [1.29, 1.82) is 0 Å². The first-order chi connectivity index (χ1) is 15.5. The summed E-state index contributed by atoms with van der Waals surface area (Å²) in [6.45, 7) is 10.3. The average Bonchev–Trinajstić information content (AvgIpc) is 3.08. The molecule has 0 aromatic heterocycles. The van der Waals surface area contributed by atoms with E-state index in [9.17, 15) is 19.5 Å². The summed E-state index contributed by atoms with van der Waals surface area (Å²) < 4.78 is 9.80. The van der Waals surface area contributed by atoms with Crippen LogP contribution >= 0.6 is 0 Å². The molecule has 33 heavy (non-hydrogen) atoms. The lowest BCUT2D eigenvalue weighted by Gasteiger charge is -2.35. The molecule has 1 N–H and O–H groups in total. The predicted octanol–water partition coefficient (Wildman–Crippen LogP) is 5.27. The fraction of sp³-hybridized carbons (Fsp3) is 0.593. The maximum Gasteiger partial charge on any atom is 0.334 e. The number of cyclic esters (lactones) is 1. The van der Waals surface area contributed by atoms with Gasteiger partial charge in [0, 0.05) is 18.6 Å². The maximum absolute atomic E-state index is 11.5. The number of allylic oxidation sites excluding steroid dienone is 5. The SMILES string of the molecule is CC(=O)OC1OC(=O)C=C1C(O)C/C=C(/C=O)CC/C=C(\C)CCC1=C(C)CCCC1(C)C. The maximum atomic E-state index is 11.5. The van der Waals surface area contributed by atoms with Crippen LogP contribution < -0.4 is 0 Å². The van der Waals surface area contributed by atoms with Crippen LogP contribution in [-0.2, 0) is 23.9 Å². The molecule has 2 unspecified atom stereocenters. The molecule has 0 radical (unpaired) electrons. The van der Waals surface area contributed by atoms with Crippen LogP contribution in [0.25, 0.3) is 0 Å². The zero-order valence-corrected chi connectivity index (χ0v) is 20.6. The first-order valence-electron chi connectivity index (χ1n) is 11.8. The smallest absolute Gasteiger partial charge is 0.334 e. The van der Waals surface area contributed by atoms with Gasteiger partial charge in [-0.25, -0.2) is 4.79 Å². The molecule has 0 aromatic carbocycles. The third-order valence-electron chi connectivity index (χ3n) is 6.57. The van der Waals surface area contributed by atoms with E-state index in [0.29, 0.717) is 12.0 Å². The third kappa shape index (κ3) is 8.11. The van der Waals surface area contributed by atoms with E-state index in [2.05, 4.69) is 33.8 Å². The van der Waals surface area contributed by atoms with Crippen molar-refractivity contribution in [2.24, 2.45) is 5.41 Å². The highest BCUT2D eigenvalue weighted by Crippen LogP contribution is 2.42. The lowest BCUT2D eigenvalue weighted by molar-refractivity contribution is -0.173. The predicted molar refractivity (Wildman–Crippen MR) is 127 cm³/mol. The highest BCUT2D eigenvalue weighted by atomic mass is 16.7. The van der Waals surface area contributed by atoms with Crippen molar-refractivity contribution in [2.75, 3.05) is 0 Å². The highest BCUT2D eigenvalue weighted by molar-refractivity contribution is 5.86. The van der Waals surface area contributed by atoms with E-state index in [1.165, 1.54) is 31.8 Å². The highest BCUT2D eigenvalue weighted by Gasteiger charge is 2.33. The second-order valence-corrected chi connectivity index (χ2v) is 9.76. The Morgan fingerprint density at radius 2 is 2.03 bits per heavy atom. The van der Waals surface area contributed by atoms with Gasteiger partial charge >= 0.3 is 11.9 Å². The molecule has 0 saturated heterocycles. The Labute approximate surface area is 197 Å². The van der Waals surface area contributed by atoms with Gasteiger partial charge in [0.2, 0.25) is 0 Å². The second kappa shape index (κ2) is 12.1. The summed E-state index contributed by atoms with van der Waals surface area (Å²) in [5, 5.41) is 10.4. The zero-order chi connectivity index (χ0) is 24.6. The molecule has 2 aliphatic rings. The van der Waals surface area contributed by atoms with Gasteiger partial charge in [0.05, 0.1) is 6.10 Å². The Balaban J connectivity index is 1.87. The van der Waals surface area contributed by atoms with Gasteiger partial charge in [0.25, 0.3) is 6.29 Å². The van der Waals surface area contributed by atoms with Gasteiger partial charge in [-0.3, -0.25) is 9.59 Å². The largest absolute Gasteiger partial charge is 0.421 e. The van der Waals surface area contributed by atoms with Gasteiger partial charge in [0.1, 0.15) is 6.29 Å². The van der Waals surface area contributed by atoms with Crippen LogP contribution in [0.2, 0.25) is 0 Å². The van der Waals surface area contributed by atoms with Crippen molar-refractivity contribution < 1.29 is 29.0 Å². The lowest BCUT2D eigenvalue weighted by atomic mass is 9.71. The van der Waals surface area contributed by atoms with E-state index in [-0.39, 0.29) is 17.4 Å². The molecule has 182 valence electrons. The summed E-state index contributed by atoms with van der Waals surface area (Å²) in [5.74, 6) is -1.28. The van der Waals surface area contributed by atoms with E-state index < -0.39 is 24.3 Å². The average molecular weight is 459 g/mol. The fourth-order valence-corrected chi connectivity index (χ4v) is 4.65. The summed E-state index contributed by atoms with van der Waals surface area (Å²) in [6, 6.07) is 0. The van der Waals surface area contributed by atoms with E-state index >= 15 is 0 Å². The van der Waals surface area contributed by atoms with Crippen LogP contribution in [0.4, 0.5) is 0 Å². The number of esters is 2. The van der Waals surface area contributed by atoms with E-state index in [4.69, 9.17) is 9.47 Å². The van der Waals surface area contributed by atoms with E-state index in [0.717, 1.165) is 31.6 Å². The summed E-state index contributed by atoms with van der Waals surface area (Å²) in [7, 11) is 0. The molecule has 0 aromatic rings. The van der Waals surface area contributed by atoms with Crippen LogP contribution in [-0.4, -0.2) is 35.7 Å². The Hall–Kier alpha value is -2.47. The summed E-state index contributed by atoms with van der Waals surface area (Å²) in [4.78, 5) is 34.1. The Morgan fingerprint density at radius 3 is 2.67 bits per heavy atom. The number of carbonyl (C=O) groups is 3. The van der Waals surface area contributed by atoms with Crippen LogP contribution in [0.3, 0.4) is 0 Å². The number of hydrogen-bond acceptors (Lipinski definition) is 6. The first-order valence-corrected chi connectivity index (χ1v) is 11.8. The van der Waals surface area contributed by atoms with Crippen molar-refractivity contribution >= 4 is 18.2 Å². The molecule has 0 amide bonds. The van der Waals surface area contributed by atoms with Gasteiger partial charge in [-0.15, -0.1) is 0 Å². The molecular formula is C27H38O6. The molecule has 1 aliphatic heterocycles. The monoisotopic (exact) mass is 458 g/mol. The van der Waals surface area contributed by atoms with Crippen LogP contribution in [0.1, 0.15) is 86.0 Å². The van der Waals surface area contributed by atoms with Gasteiger partial charge in [-0.1, -0.05) is 42.7 Å². The summed E-state index contributed by atoms with van der Waals surface area (Å²) in [6.07, 6.45) is 10.8. The van der Waals surface area contributed by atoms with Gasteiger partial charge in [0.15, 0.2) is 0 Å². The molecule has 0 spiro atoms. The number of aliphatic hydroxyl groups is 1. The molecule has 6 heteroatoms. The third-order valence-corrected chi connectivity index (χ3v) is 6.57. The Bertz CT molecular complexity index is 871. The van der Waals surface area contributed by atoms with Gasteiger partial charge in [-0.05, 0) is 76.2 Å². The number of aliphatic hydroxyl groups excluding tert-OH is 1. The lowest BCUT2D eigenvalue weighted by Crippen LogP contribution is -2.25.